The normalized spacial score (nSPS) is 11.0. The number of hydrogen-bond donors (Lipinski definition) is 2. The highest BCUT2D eigenvalue weighted by Crippen LogP contribution is 2.36. The van der Waals surface area contributed by atoms with Gasteiger partial charge in [-0.05, 0) is 56.0 Å². The summed E-state index contributed by atoms with van der Waals surface area (Å²) in [5.74, 6) is 1.58. The Balaban J connectivity index is 2.17. The van der Waals surface area contributed by atoms with Crippen LogP contribution in [0.5, 0.6) is 11.5 Å². The molecule has 4 heteroatoms. The summed E-state index contributed by atoms with van der Waals surface area (Å²) in [5, 5.41) is 1.29. The molecule has 4 nitrogen and oxygen atoms in total. The Labute approximate surface area is 149 Å². The topological polar surface area (TPSA) is 60.3 Å². The molecule has 3 aromatic rings. The summed E-state index contributed by atoms with van der Waals surface area (Å²) >= 11 is 0. The number of H-pyrrole nitrogens is 1. The Morgan fingerprint density at radius 3 is 2.36 bits per heavy atom. The second-order valence-corrected chi connectivity index (χ2v) is 6.32. The summed E-state index contributed by atoms with van der Waals surface area (Å²) in [4.78, 5) is 3.64. The standard InChI is InChI=1S/C21H26N2O2/c1-14-7-6-9-18-19(8-4-5-10-22)21(23-20(14)18)15-11-16(24-2)13-17(12-15)25-3/h6-7,9,11-13,23H,4-5,8,10,22H2,1-3H3. The van der Waals surface area contributed by atoms with Gasteiger partial charge in [-0.15, -0.1) is 0 Å². The Kier molecular flexibility index (Phi) is 5.29. The SMILES string of the molecule is COc1cc(OC)cc(-c2[nH]c3c(C)cccc3c2CCCCN)c1. The number of nitrogens with one attached hydrogen (secondary N) is 1. The van der Waals surface area contributed by atoms with Crippen LogP contribution in [-0.4, -0.2) is 25.7 Å². The van der Waals surface area contributed by atoms with Crippen LogP contribution in [0.2, 0.25) is 0 Å². The van der Waals surface area contributed by atoms with E-state index in [4.69, 9.17) is 15.2 Å². The molecule has 1 aromatic heterocycles. The van der Waals surface area contributed by atoms with Crippen LogP contribution in [0.1, 0.15) is 24.0 Å². The Bertz CT molecular complexity index is 845. The number of aromatic amines is 1. The van der Waals surface area contributed by atoms with E-state index < -0.39 is 0 Å². The number of aryl methyl sites for hydroxylation is 2. The van der Waals surface area contributed by atoms with Crippen LogP contribution in [-0.2, 0) is 6.42 Å². The zero-order valence-electron chi connectivity index (χ0n) is 15.2. The van der Waals surface area contributed by atoms with Crippen molar-refractivity contribution >= 4 is 10.9 Å². The number of aromatic nitrogens is 1. The van der Waals surface area contributed by atoms with Crippen molar-refractivity contribution in [2.75, 3.05) is 20.8 Å². The summed E-state index contributed by atoms with van der Waals surface area (Å²) in [5.41, 5.74) is 11.7. The van der Waals surface area contributed by atoms with Crippen molar-refractivity contribution in [3.05, 3.63) is 47.5 Å². The number of methoxy groups -OCH3 is 2. The molecule has 3 rings (SSSR count). The third-order valence-electron chi connectivity index (χ3n) is 4.67. The Morgan fingerprint density at radius 1 is 1.00 bits per heavy atom. The smallest absolute Gasteiger partial charge is 0.123 e. The number of rotatable bonds is 7. The van der Waals surface area contributed by atoms with Crippen LogP contribution >= 0.6 is 0 Å². The monoisotopic (exact) mass is 338 g/mol. The number of ether oxygens (including phenoxy) is 2. The Hall–Kier alpha value is -2.46. The van der Waals surface area contributed by atoms with E-state index in [1.54, 1.807) is 14.2 Å². The molecule has 0 radical (unpaired) electrons. The van der Waals surface area contributed by atoms with Crippen LogP contribution in [0, 0.1) is 6.92 Å². The minimum absolute atomic E-state index is 0.726. The van der Waals surface area contributed by atoms with E-state index in [0.717, 1.165) is 48.6 Å². The van der Waals surface area contributed by atoms with E-state index in [0.29, 0.717) is 0 Å². The quantitative estimate of drug-likeness (QED) is 0.626. The van der Waals surface area contributed by atoms with E-state index in [9.17, 15) is 0 Å². The molecule has 0 spiro atoms. The first-order chi connectivity index (χ1) is 12.2. The molecule has 0 saturated carbocycles. The maximum absolute atomic E-state index is 5.69. The number of benzene rings is 2. The number of para-hydroxylation sites is 1. The second kappa shape index (κ2) is 7.62. The highest BCUT2D eigenvalue weighted by Gasteiger charge is 2.15. The second-order valence-electron chi connectivity index (χ2n) is 6.32. The zero-order valence-corrected chi connectivity index (χ0v) is 15.2. The van der Waals surface area contributed by atoms with Gasteiger partial charge in [-0.25, -0.2) is 0 Å². The first kappa shape index (κ1) is 17.4. The van der Waals surface area contributed by atoms with Crippen molar-refractivity contribution in [2.45, 2.75) is 26.2 Å². The first-order valence-electron chi connectivity index (χ1n) is 8.71. The van der Waals surface area contributed by atoms with Gasteiger partial charge in [-0.1, -0.05) is 18.2 Å². The van der Waals surface area contributed by atoms with Crippen molar-refractivity contribution in [2.24, 2.45) is 5.73 Å². The highest BCUT2D eigenvalue weighted by atomic mass is 16.5. The molecule has 0 bridgehead atoms. The molecule has 0 fully saturated rings. The van der Waals surface area contributed by atoms with Gasteiger partial charge < -0.3 is 20.2 Å². The molecule has 0 aliphatic carbocycles. The fourth-order valence-corrected chi connectivity index (χ4v) is 3.32. The van der Waals surface area contributed by atoms with Gasteiger partial charge in [-0.3, -0.25) is 0 Å². The van der Waals surface area contributed by atoms with Crippen LogP contribution in [0.15, 0.2) is 36.4 Å². The number of hydrogen-bond acceptors (Lipinski definition) is 3. The molecule has 2 aromatic carbocycles. The lowest BCUT2D eigenvalue weighted by Crippen LogP contribution is -1.99. The van der Waals surface area contributed by atoms with Crippen LogP contribution in [0.25, 0.3) is 22.2 Å². The highest BCUT2D eigenvalue weighted by molar-refractivity contribution is 5.93. The lowest BCUT2D eigenvalue weighted by molar-refractivity contribution is 0.394. The van der Waals surface area contributed by atoms with Gasteiger partial charge in [0.25, 0.3) is 0 Å². The van der Waals surface area contributed by atoms with E-state index >= 15 is 0 Å². The number of unbranched alkanes of at least 4 members (excludes halogenated alkanes) is 1. The summed E-state index contributed by atoms with van der Waals surface area (Å²) in [7, 11) is 3.35. The van der Waals surface area contributed by atoms with Gasteiger partial charge >= 0.3 is 0 Å². The van der Waals surface area contributed by atoms with Gasteiger partial charge in [-0.2, -0.15) is 0 Å². The van der Waals surface area contributed by atoms with Crippen LogP contribution < -0.4 is 15.2 Å². The van der Waals surface area contributed by atoms with Crippen molar-refractivity contribution in [3.63, 3.8) is 0 Å². The molecule has 0 saturated heterocycles. The molecule has 0 unspecified atom stereocenters. The molecule has 1 heterocycles. The lowest BCUT2D eigenvalue weighted by Gasteiger charge is -2.10. The average Bonchev–Trinajstić information content (AvgIpc) is 3.01. The molecule has 3 N–H and O–H groups in total. The predicted octanol–water partition coefficient (Wildman–Crippen LogP) is 4.44. The molecule has 0 aliphatic rings. The van der Waals surface area contributed by atoms with Gasteiger partial charge in [0.15, 0.2) is 0 Å². The van der Waals surface area contributed by atoms with E-state index in [1.807, 2.05) is 6.07 Å². The maximum Gasteiger partial charge on any atom is 0.123 e. The van der Waals surface area contributed by atoms with Crippen molar-refractivity contribution in [1.82, 2.24) is 4.98 Å². The number of nitrogens with two attached hydrogens (primary N) is 1. The van der Waals surface area contributed by atoms with Crippen LogP contribution in [0.3, 0.4) is 0 Å². The maximum atomic E-state index is 5.69. The van der Waals surface area contributed by atoms with Gasteiger partial charge in [0.1, 0.15) is 11.5 Å². The lowest BCUT2D eigenvalue weighted by atomic mass is 9.99. The number of fused-ring (bicyclic) bond motifs is 1. The minimum atomic E-state index is 0.726. The van der Waals surface area contributed by atoms with Gasteiger partial charge in [0.2, 0.25) is 0 Å². The molecule has 132 valence electrons. The fraction of sp³-hybridized carbons (Fsp3) is 0.333. The summed E-state index contributed by atoms with van der Waals surface area (Å²) in [6.07, 6.45) is 3.10. The van der Waals surface area contributed by atoms with E-state index in [-0.39, 0.29) is 0 Å². The molecule has 0 atom stereocenters. The molecular formula is C21H26N2O2. The first-order valence-corrected chi connectivity index (χ1v) is 8.71. The fourth-order valence-electron chi connectivity index (χ4n) is 3.32. The molecule has 25 heavy (non-hydrogen) atoms. The van der Waals surface area contributed by atoms with Gasteiger partial charge in [0.05, 0.1) is 14.2 Å². The van der Waals surface area contributed by atoms with Crippen molar-refractivity contribution in [3.8, 4) is 22.8 Å². The summed E-state index contributed by atoms with van der Waals surface area (Å²) < 4.78 is 10.9. The molecule has 0 amide bonds. The van der Waals surface area contributed by atoms with Gasteiger partial charge in [0, 0.05) is 28.2 Å². The largest absolute Gasteiger partial charge is 0.497 e. The van der Waals surface area contributed by atoms with E-state index in [1.165, 1.54) is 22.0 Å². The van der Waals surface area contributed by atoms with Crippen molar-refractivity contribution in [1.29, 1.82) is 0 Å². The predicted molar refractivity (Wildman–Crippen MR) is 104 cm³/mol. The Morgan fingerprint density at radius 2 is 1.72 bits per heavy atom. The summed E-state index contributed by atoms with van der Waals surface area (Å²) in [6.45, 7) is 2.86. The van der Waals surface area contributed by atoms with Crippen LogP contribution in [0.4, 0.5) is 0 Å². The molecular weight excluding hydrogens is 312 g/mol. The zero-order chi connectivity index (χ0) is 17.8. The summed E-state index contributed by atoms with van der Waals surface area (Å²) in [6, 6.07) is 12.4. The average molecular weight is 338 g/mol. The van der Waals surface area contributed by atoms with Crippen molar-refractivity contribution < 1.29 is 9.47 Å². The molecule has 0 aliphatic heterocycles. The third-order valence-corrected chi connectivity index (χ3v) is 4.67. The third kappa shape index (κ3) is 3.49. The van der Waals surface area contributed by atoms with E-state index in [2.05, 4.69) is 42.2 Å². The minimum Gasteiger partial charge on any atom is -0.497 e.